The van der Waals surface area contributed by atoms with Crippen LogP contribution >= 0.6 is 0 Å². The van der Waals surface area contributed by atoms with E-state index in [2.05, 4.69) is 31.1 Å². The van der Waals surface area contributed by atoms with Gasteiger partial charge in [0.2, 0.25) is 0 Å². The summed E-state index contributed by atoms with van der Waals surface area (Å²) < 4.78 is 0. The van der Waals surface area contributed by atoms with Gasteiger partial charge in [-0.1, -0.05) is 13.8 Å². The smallest absolute Gasteiger partial charge is 0.323 e. The van der Waals surface area contributed by atoms with Gasteiger partial charge in [0.05, 0.1) is 0 Å². The third kappa shape index (κ3) is 3.69. The predicted octanol–water partition coefficient (Wildman–Crippen LogP) is 1.95. The Kier molecular flexibility index (Phi) is 5.17. The van der Waals surface area contributed by atoms with E-state index in [0.717, 1.165) is 19.4 Å². The zero-order chi connectivity index (χ0) is 13.9. The van der Waals surface area contributed by atoms with Gasteiger partial charge in [-0.2, -0.15) is 0 Å². The van der Waals surface area contributed by atoms with Crippen LogP contribution in [-0.2, 0) is 4.79 Å². The van der Waals surface area contributed by atoms with E-state index in [1.54, 1.807) is 0 Å². The first-order valence-electron chi connectivity index (χ1n) is 6.98. The molecule has 0 aromatic heterocycles. The molecule has 18 heavy (non-hydrogen) atoms. The van der Waals surface area contributed by atoms with Crippen molar-refractivity contribution in [1.82, 2.24) is 10.2 Å². The summed E-state index contributed by atoms with van der Waals surface area (Å²) in [5.41, 5.74) is -0.718. The van der Waals surface area contributed by atoms with Crippen LogP contribution in [0.4, 0.5) is 0 Å². The fourth-order valence-electron chi connectivity index (χ4n) is 3.06. The molecule has 0 heterocycles. The molecule has 1 rings (SSSR count). The molecule has 1 fully saturated rings. The molecule has 0 aliphatic heterocycles. The minimum Gasteiger partial charge on any atom is -0.480 e. The molecule has 0 aromatic rings. The molecule has 0 spiro atoms. The predicted molar refractivity (Wildman–Crippen MR) is 73.7 cm³/mol. The summed E-state index contributed by atoms with van der Waals surface area (Å²) in [5, 5.41) is 12.8. The lowest BCUT2D eigenvalue weighted by Gasteiger charge is -2.31. The molecule has 4 nitrogen and oxygen atoms in total. The topological polar surface area (TPSA) is 52.6 Å². The highest BCUT2D eigenvalue weighted by atomic mass is 16.4. The van der Waals surface area contributed by atoms with Crippen molar-refractivity contribution in [1.29, 1.82) is 0 Å². The number of nitrogens with one attached hydrogen (secondary N) is 1. The Hall–Kier alpha value is -0.610. The summed E-state index contributed by atoms with van der Waals surface area (Å²) in [4.78, 5) is 13.9. The highest BCUT2D eigenvalue weighted by Crippen LogP contribution is 2.33. The van der Waals surface area contributed by atoms with Gasteiger partial charge in [0, 0.05) is 18.6 Å². The molecular formula is C14H28N2O2. The summed E-state index contributed by atoms with van der Waals surface area (Å²) in [6.45, 7) is 9.44. The van der Waals surface area contributed by atoms with Gasteiger partial charge in [-0.15, -0.1) is 0 Å². The van der Waals surface area contributed by atoms with E-state index >= 15 is 0 Å². The summed E-state index contributed by atoms with van der Waals surface area (Å²) in [6.07, 6.45) is 2.41. The molecule has 2 atom stereocenters. The Labute approximate surface area is 111 Å². The van der Waals surface area contributed by atoms with Crippen molar-refractivity contribution in [2.45, 2.75) is 64.6 Å². The molecule has 0 amide bonds. The van der Waals surface area contributed by atoms with Gasteiger partial charge in [-0.3, -0.25) is 10.1 Å². The number of carboxylic acids is 1. The first kappa shape index (κ1) is 15.4. The monoisotopic (exact) mass is 256 g/mol. The van der Waals surface area contributed by atoms with Crippen molar-refractivity contribution in [2.24, 2.45) is 5.92 Å². The Morgan fingerprint density at radius 2 is 2.06 bits per heavy atom. The van der Waals surface area contributed by atoms with E-state index in [-0.39, 0.29) is 6.04 Å². The standard InChI is InChI=1S/C14H28N2O2/c1-10(2)9-16(5)12-6-7-14(8-12,13(17)18)15-11(3)4/h10-12,15H,6-9H2,1-5H3,(H,17,18). The number of aliphatic carboxylic acids is 1. The second kappa shape index (κ2) is 6.02. The van der Waals surface area contributed by atoms with E-state index in [1.807, 2.05) is 13.8 Å². The van der Waals surface area contributed by atoms with Crippen molar-refractivity contribution >= 4 is 5.97 Å². The van der Waals surface area contributed by atoms with Gasteiger partial charge in [0.1, 0.15) is 5.54 Å². The molecule has 1 saturated carbocycles. The van der Waals surface area contributed by atoms with Crippen LogP contribution in [0.2, 0.25) is 0 Å². The van der Waals surface area contributed by atoms with Crippen LogP contribution in [-0.4, -0.2) is 47.2 Å². The minimum atomic E-state index is -0.718. The van der Waals surface area contributed by atoms with E-state index in [4.69, 9.17) is 0 Å². The fourth-order valence-corrected chi connectivity index (χ4v) is 3.06. The Morgan fingerprint density at radius 3 is 2.50 bits per heavy atom. The quantitative estimate of drug-likeness (QED) is 0.762. The maximum Gasteiger partial charge on any atom is 0.323 e. The van der Waals surface area contributed by atoms with E-state index in [9.17, 15) is 9.90 Å². The average Bonchev–Trinajstić information content (AvgIpc) is 2.61. The van der Waals surface area contributed by atoms with E-state index in [1.165, 1.54) is 0 Å². The van der Waals surface area contributed by atoms with Gasteiger partial charge in [0.25, 0.3) is 0 Å². The van der Waals surface area contributed by atoms with Crippen LogP contribution < -0.4 is 5.32 Å². The zero-order valence-corrected chi connectivity index (χ0v) is 12.4. The number of rotatable bonds is 6. The van der Waals surface area contributed by atoms with Crippen molar-refractivity contribution in [2.75, 3.05) is 13.6 Å². The van der Waals surface area contributed by atoms with Crippen LogP contribution in [0.1, 0.15) is 47.0 Å². The maximum absolute atomic E-state index is 11.6. The van der Waals surface area contributed by atoms with E-state index in [0.29, 0.717) is 18.4 Å². The first-order chi connectivity index (χ1) is 8.27. The molecule has 1 aliphatic carbocycles. The van der Waals surface area contributed by atoms with Gasteiger partial charge >= 0.3 is 5.97 Å². The molecule has 0 radical (unpaired) electrons. The highest BCUT2D eigenvalue weighted by Gasteiger charge is 2.46. The van der Waals surface area contributed by atoms with Crippen LogP contribution in [0.25, 0.3) is 0 Å². The largest absolute Gasteiger partial charge is 0.480 e. The van der Waals surface area contributed by atoms with Crippen molar-refractivity contribution < 1.29 is 9.90 Å². The molecule has 0 saturated heterocycles. The van der Waals surface area contributed by atoms with Gasteiger partial charge < -0.3 is 10.0 Å². The maximum atomic E-state index is 11.6. The molecule has 1 aliphatic rings. The SMILES string of the molecule is CC(C)CN(C)C1CCC(NC(C)C)(C(=O)O)C1. The van der Waals surface area contributed by atoms with Gasteiger partial charge in [-0.25, -0.2) is 0 Å². The molecule has 106 valence electrons. The van der Waals surface area contributed by atoms with Gasteiger partial charge in [-0.05, 0) is 46.1 Å². The van der Waals surface area contributed by atoms with Crippen molar-refractivity contribution in [3.63, 3.8) is 0 Å². The minimum absolute atomic E-state index is 0.204. The first-order valence-corrected chi connectivity index (χ1v) is 6.98. The average molecular weight is 256 g/mol. The molecular weight excluding hydrogens is 228 g/mol. The number of carboxylic acid groups (broad SMARTS) is 1. The molecule has 2 unspecified atom stereocenters. The van der Waals surface area contributed by atoms with Crippen molar-refractivity contribution in [3.8, 4) is 0 Å². The van der Waals surface area contributed by atoms with Crippen molar-refractivity contribution in [3.05, 3.63) is 0 Å². The molecule has 4 heteroatoms. The second-order valence-corrected chi connectivity index (χ2v) is 6.42. The summed E-state index contributed by atoms with van der Waals surface area (Å²) in [5.74, 6) is -0.0791. The number of hydrogen-bond donors (Lipinski definition) is 2. The van der Waals surface area contributed by atoms with Crippen LogP contribution in [0.5, 0.6) is 0 Å². The Morgan fingerprint density at radius 1 is 1.44 bits per heavy atom. The van der Waals surface area contributed by atoms with Gasteiger partial charge in [0.15, 0.2) is 0 Å². The third-order valence-electron chi connectivity index (χ3n) is 3.74. The normalized spacial score (nSPS) is 28.6. The molecule has 0 bridgehead atoms. The number of nitrogens with zero attached hydrogens (tertiary/aromatic N) is 1. The summed E-state index contributed by atoms with van der Waals surface area (Å²) in [6, 6.07) is 0.588. The number of carbonyl (C=O) groups is 1. The molecule has 2 N–H and O–H groups in total. The van der Waals surface area contributed by atoms with Crippen LogP contribution in [0, 0.1) is 5.92 Å². The second-order valence-electron chi connectivity index (χ2n) is 6.42. The Balaban J connectivity index is 2.68. The Bertz CT molecular complexity index is 292. The molecule has 0 aromatic carbocycles. The summed E-state index contributed by atoms with van der Waals surface area (Å²) in [7, 11) is 2.11. The zero-order valence-electron chi connectivity index (χ0n) is 12.4. The lowest BCUT2D eigenvalue weighted by Crippen LogP contribution is -2.53. The third-order valence-corrected chi connectivity index (χ3v) is 3.74. The van der Waals surface area contributed by atoms with E-state index < -0.39 is 11.5 Å². The lowest BCUT2D eigenvalue weighted by molar-refractivity contribution is -0.145. The van der Waals surface area contributed by atoms with Crippen LogP contribution in [0.15, 0.2) is 0 Å². The fraction of sp³-hybridized carbons (Fsp3) is 0.929. The summed E-state index contributed by atoms with van der Waals surface area (Å²) >= 11 is 0. The van der Waals surface area contributed by atoms with Crippen LogP contribution in [0.3, 0.4) is 0 Å². The number of hydrogen-bond acceptors (Lipinski definition) is 3. The lowest BCUT2D eigenvalue weighted by atomic mass is 9.96. The highest BCUT2D eigenvalue weighted by molar-refractivity contribution is 5.79.